The third-order valence-corrected chi connectivity index (χ3v) is 1.75. The minimum Gasteiger partial charge on any atom is -0.361 e. The first-order valence-electron chi connectivity index (χ1n) is 4.49. The van der Waals surface area contributed by atoms with Crippen LogP contribution in [0.25, 0.3) is 10.9 Å². The number of nitro benzene ring substituents is 1. The Balaban J connectivity index is 0.000000461. The second-order valence-corrected chi connectivity index (χ2v) is 2.51. The van der Waals surface area contributed by atoms with Crippen LogP contribution in [0.2, 0.25) is 0 Å². The lowest BCUT2D eigenvalue weighted by atomic mass is 10.2. The highest BCUT2D eigenvalue weighted by Crippen LogP contribution is 2.18. The third-order valence-electron chi connectivity index (χ3n) is 1.75. The van der Waals surface area contributed by atoms with Crippen LogP contribution in [0, 0.1) is 10.1 Å². The van der Waals surface area contributed by atoms with Crippen LogP contribution in [0.15, 0.2) is 30.5 Å². The monoisotopic (exact) mass is 192 g/mol. The molecular weight excluding hydrogens is 180 g/mol. The largest absolute Gasteiger partial charge is 0.361 e. The van der Waals surface area contributed by atoms with Gasteiger partial charge in [0.05, 0.1) is 10.4 Å². The Morgan fingerprint density at radius 1 is 1.29 bits per heavy atom. The molecule has 1 aromatic carbocycles. The maximum Gasteiger partial charge on any atom is 0.271 e. The van der Waals surface area contributed by atoms with Crippen molar-refractivity contribution in [2.24, 2.45) is 0 Å². The summed E-state index contributed by atoms with van der Waals surface area (Å²) >= 11 is 0. The van der Waals surface area contributed by atoms with Crippen LogP contribution in [0.1, 0.15) is 13.8 Å². The Morgan fingerprint density at radius 2 is 2.00 bits per heavy atom. The van der Waals surface area contributed by atoms with E-state index in [1.54, 1.807) is 12.3 Å². The predicted molar refractivity (Wildman–Crippen MR) is 56.3 cm³/mol. The zero-order valence-electron chi connectivity index (χ0n) is 8.15. The van der Waals surface area contributed by atoms with Crippen molar-refractivity contribution in [1.29, 1.82) is 0 Å². The van der Waals surface area contributed by atoms with Gasteiger partial charge in [0.15, 0.2) is 0 Å². The number of nitro groups is 1. The fourth-order valence-corrected chi connectivity index (χ4v) is 1.15. The zero-order valence-corrected chi connectivity index (χ0v) is 8.15. The number of benzene rings is 1. The Bertz CT molecular complexity index is 434. The first kappa shape index (κ1) is 10.2. The van der Waals surface area contributed by atoms with Gasteiger partial charge in [0.25, 0.3) is 5.69 Å². The Labute approximate surface area is 81.7 Å². The molecule has 0 bridgehead atoms. The molecule has 0 aliphatic heterocycles. The Morgan fingerprint density at radius 3 is 2.64 bits per heavy atom. The summed E-state index contributed by atoms with van der Waals surface area (Å²) in [5.41, 5.74) is 0.911. The minimum atomic E-state index is -0.402. The lowest BCUT2D eigenvalue weighted by molar-refractivity contribution is -0.384. The maximum atomic E-state index is 10.4. The van der Waals surface area contributed by atoms with E-state index in [9.17, 15) is 10.1 Å². The SMILES string of the molecule is CC.O=[N+]([O-])c1ccc2cc[nH]c2c1. The molecule has 1 aromatic heterocycles. The summed E-state index contributed by atoms with van der Waals surface area (Å²) in [5.74, 6) is 0. The van der Waals surface area contributed by atoms with Gasteiger partial charge in [-0.05, 0) is 17.5 Å². The molecule has 0 saturated carbocycles. The van der Waals surface area contributed by atoms with Gasteiger partial charge < -0.3 is 4.98 Å². The normalized spacial score (nSPS) is 9.29. The molecule has 0 spiro atoms. The fourth-order valence-electron chi connectivity index (χ4n) is 1.15. The molecule has 0 aliphatic carbocycles. The second-order valence-electron chi connectivity index (χ2n) is 2.51. The average Bonchev–Trinajstić information content (AvgIpc) is 2.67. The topological polar surface area (TPSA) is 58.9 Å². The van der Waals surface area contributed by atoms with Gasteiger partial charge in [-0.15, -0.1) is 0 Å². The third kappa shape index (κ3) is 1.90. The van der Waals surface area contributed by atoms with E-state index in [1.807, 2.05) is 19.9 Å². The quantitative estimate of drug-likeness (QED) is 0.557. The van der Waals surface area contributed by atoms with E-state index in [-0.39, 0.29) is 5.69 Å². The number of aromatic amines is 1. The van der Waals surface area contributed by atoms with Gasteiger partial charge in [0.2, 0.25) is 0 Å². The highest BCUT2D eigenvalue weighted by Gasteiger charge is 2.05. The molecule has 0 radical (unpaired) electrons. The lowest BCUT2D eigenvalue weighted by Crippen LogP contribution is -1.86. The second kappa shape index (κ2) is 4.41. The van der Waals surface area contributed by atoms with Crippen molar-refractivity contribution in [3.8, 4) is 0 Å². The molecule has 1 N–H and O–H groups in total. The molecule has 0 aliphatic rings. The van der Waals surface area contributed by atoms with Crippen molar-refractivity contribution in [1.82, 2.24) is 4.98 Å². The standard InChI is InChI=1S/C8H6N2O2.C2H6/c11-10(12)7-2-1-6-3-4-9-8(6)5-7;1-2/h1-5,9H;1-2H3. The van der Waals surface area contributed by atoms with E-state index >= 15 is 0 Å². The number of nitrogens with one attached hydrogen (secondary N) is 1. The summed E-state index contributed by atoms with van der Waals surface area (Å²) in [6, 6.07) is 6.62. The average molecular weight is 192 g/mol. The van der Waals surface area contributed by atoms with E-state index in [4.69, 9.17) is 0 Å². The van der Waals surface area contributed by atoms with E-state index in [1.165, 1.54) is 12.1 Å². The number of rotatable bonds is 1. The van der Waals surface area contributed by atoms with Gasteiger partial charge in [-0.25, -0.2) is 0 Å². The molecule has 2 aromatic rings. The molecule has 2 rings (SSSR count). The van der Waals surface area contributed by atoms with Crippen LogP contribution >= 0.6 is 0 Å². The number of nitrogens with zero attached hydrogens (tertiary/aromatic N) is 1. The number of H-pyrrole nitrogens is 1. The van der Waals surface area contributed by atoms with Crippen LogP contribution < -0.4 is 0 Å². The Hall–Kier alpha value is -1.84. The molecule has 0 atom stereocenters. The fraction of sp³-hybridized carbons (Fsp3) is 0.200. The highest BCUT2D eigenvalue weighted by atomic mass is 16.6. The summed E-state index contributed by atoms with van der Waals surface area (Å²) in [6.45, 7) is 4.00. The first-order chi connectivity index (χ1) is 6.77. The highest BCUT2D eigenvalue weighted by molar-refractivity contribution is 5.81. The van der Waals surface area contributed by atoms with Gasteiger partial charge in [0.1, 0.15) is 0 Å². The summed E-state index contributed by atoms with van der Waals surface area (Å²) in [6.07, 6.45) is 1.76. The van der Waals surface area contributed by atoms with E-state index < -0.39 is 4.92 Å². The number of non-ortho nitro benzene ring substituents is 1. The summed E-state index contributed by atoms with van der Waals surface area (Å²) in [7, 11) is 0. The van der Waals surface area contributed by atoms with Crippen LogP contribution in [0.3, 0.4) is 0 Å². The van der Waals surface area contributed by atoms with E-state index in [0.717, 1.165) is 10.9 Å². The van der Waals surface area contributed by atoms with Crippen molar-refractivity contribution < 1.29 is 4.92 Å². The van der Waals surface area contributed by atoms with Crippen molar-refractivity contribution in [2.75, 3.05) is 0 Å². The van der Waals surface area contributed by atoms with Crippen molar-refractivity contribution >= 4 is 16.6 Å². The van der Waals surface area contributed by atoms with Gasteiger partial charge in [-0.1, -0.05) is 13.8 Å². The number of hydrogen-bond acceptors (Lipinski definition) is 2. The molecule has 4 nitrogen and oxygen atoms in total. The van der Waals surface area contributed by atoms with Crippen LogP contribution in [-0.4, -0.2) is 9.91 Å². The first-order valence-corrected chi connectivity index (χ1v) is 4.49. The molecule has 0 unspecified atom stereocenters. The Kier molecular flexibility index (Phi) is 3.23. The van der Waals surface area contributed by atoms with Gasteiger partial charge in [-0.2, -0.15) is 0 Å². The van der Waals surface area contributed by atoms with E-state index in [0.29, 0.717) is 0 Å². The maximum absolute atomic E-state index is 10.4. The number of hydrogen-bond donors (Lipinski definition) is 1. The number of aromatic nitrogens is 1. The lowest BCUT2D eigenvalue weighted by Gasteiger charge is -1.90. The molecule has 0 fully saturated rings. The van der Waals surface area contributed by atoms with Crippen LogP contribution in [0.4, 0.5) is 5.69 Å². The van der Waals surface area contributed by atoms with Crippen molar-refractivity contribution in [3.05, 3.63) is 40.6 Å². The van der Waals surface area contributed by atoms with Crippen molar-refractivity contribution in [2.45, 2.75) is 13.8 Å². The molecule has 1 heterocycles. The van der Waals surface area contributed by atoms with Gasteiger partial charge in [0, 0.05) is 18.3 Å². The van der Waals surface area contributed by atoms with Crippen molar-refractivity contribution in [3.63, 3.8) is 0 Å². The minimum absolute atomic E-state index is 0.116. The molecule has 74 valence electrons. The van der Waals surface area contributed by atoms with Crippen LogP contribution in [0.5, 0.6) is 0 Å². The molecular formula is C10H12N2O2. The van der Waals surface area contributed by atoms with Gasteiger partial charge in [-0.3, -0.25) is 10.1 Å². The summed E-state index contributed by atoms with van der Waals surface area (Å²) < 4.78 is 0. The van der Waals surface area contributed by atoms with E-state index in [2.05, 4.69) is 4.98 Å². The smallest absolute Gasteiger partial charge is 0.271 e. The zero-order chi connectivity index (χ0) is 10.6. The molecule has 4 heteroatoms. The summed E-state index contributed by atoms with van der Waals surface area (Å²) in [4.78, 5) is 12.9. The molecule has 0 saturated heterocycles. The summed E-state index contributed by atoms with van der Waals surface area (Å²) in [5, 5.41) is 11.3. The van der Waals surface area contributed by atoms with Crippen LogP contribution in [-0.2, 0) is 0 Å². The van der Waals surface area contributed by atoms with Gasteiger partial charge >= 0.3 is 0 Å². The molecule has 0 amide bonds. The number of fused-ring (bicyclic) bond motifs is 1. The molecule has 14 heavy (non-hydrogen) atoms. The predicted octanol–water partition coefficient (Wildman–Crippen LogP) is 3.10.